The molecule has 5 aromatic rings. The Morgan fingerprint density at radius 2 is 2.00 bits per heavy atom. The molecule has 1 N–H and O–H groups in total. The number of hydrogen-bond donors (Lipinski definition) is 1. The van der Waals surface area contributed by atoms with E-state index in [1.807, 2.05) is 60.1 Å². The Labute approximate surface area is 142 Å². The van der Waals surface area contributed by atoms with Gasteiger partial charge in [0.05, 0.1) is 0 Å². The molecule has 0 aliphatic carbocycles. The lowest BCUT2D eigenvalue weighted by Gasteiger charge is -1.99. The van der Waals surface area contributed by atoms with E-state index in [0.717, 1.165) is 39.9 Å². The molecule has 7 heteroatoms. The van der Waals surface area contributed by atoms with Crippen molar-refractivity contribution in [1.82, 2.24) is 29.7 Å². The zero-order chi connectivity index (χ0) is 16.8. The maximum atomic E-state index is 5.47. The number of benzene rings is 1. The summed E-state index contributed by atoms with van der Waals surface area (Å²) < 4.78 is 7.42. The van der Waals surface area contributed by atoms with Gasteiger partial charge in [0.15, 0.2) is 5.65 Å². The highest BCUT2D eigenvalue weighted by atomic mass is 16.5. The molecule has 0 fully saturated rings. The fraction of sp³-hybridized carbons (Fsp3) is 0.111. The highest BCUT2D eigenvalue weighted by Gasteiger charge is 2.13. The van der Waals surface area contributed by atoms with Crippen molar-refractivity contribution in [1.29, 1.82) is 0 Å². The summed E-state index contributed by atoms with van der Waals surface area (Å²) in [4.78, 5) is 7.73. The van der Waals surface area contributed by atoms with Crippen molar-refractivity contribution in [2.24, 2.45) is 0 Å². The van der Waals surface area contributed by atoms with Crippen molar-refractivity contribution < 1.29 is 4.52 Å². The van der Waals surface area contributed by atoms with Crippen LogP contribution in [0.1, 0.15) is 12.7 Å². The summed E-state index contributed by atoms with van der Waals surface area (Å²) in [6.07, 6.45) is 4.66. The van der Waals surface area contributed by atoms with Gasteiger partial charge in [0.1, 0.15) is 5.82 Å². The van der Waals surface area contributed by atoms with Gasteiger partial charge in [-0.3, -0.25) is 4.40 Å². The van der Waals surface area contributed by atoms with Crippen LogP contribution in [0.5, 0.6) is 0 Å². The van der Waals surface area contributed by atoms with Crippen molar-refractivity contribution >= 4 is 16.6 Å². The summed E-state index contributed by atoms with van der Waals surface area (Å²) in [5, 5.41) is 13.6. The number of hydrogen-bond acceptors (Lipinski definition) is 5. The average molecular weight is 330 g/mol. The molecule has 0 bridgehead atoms. The van der Waals surface area contributed by atoms with Gasteiger partial charge in [-0.15, -0.1) is 10.2 Å². The van der Waals surface area contributed by atoms with Crippen LogP contribution in [-0.4, -0.2) is 29.7 Å². The fourth-order valence-electron chi connectivity index (χ4n) is 2.95. The van der Waals surface area contributed by atoms with Gasteiger partial charge in [0.25, 0.3) is 5.89 Å². The SMILES string of the molecule is CCc1nnc2ccc(-c3noc(-c4ccc5cc[nH]c5c4)n3)cn12. The van der Waals surface area contributed by atoms with Crippen molar-refractivity contribution in [3.63, 3.8) is 0 Å². The Kier molecular flexibility index (Phi) is 2.93. The minimum absolute atomic E-state index is 0.492. The maximum Gasteiger partial charge on any atom is 0.258 e. The average Bonchev–Trinajstić information content (AvgIpc) is 3.38. The highest BCUT2D eigenvalue weighted by Crippen LogP contribution is 2.25. The molecule has 25 heavy (non-hydrogen) atoms. The summed E-state index contributed by atoms with van der Waals surface area (Å²) >= 11 is 0. The third-order valence-corrected chi connectivity index (χ3v) is 4.28. The lowest BCUT2D eigenvalue weighted by atomic mass is 10.1. The highest BCUT2D eigenvalue weighted by molar-refractivity contribution is 5.83. The van der Waals surface area contributed by atoms with Crippen LogP contribution in [0.2, 0.25) is 0 Å². The standard InChI is InChI=1S/C18H14N6O/c1-2-15-21-22-16-6-5-13(10-24(15)16)17-20-18(25-23-17)12-4-3-11-7-8-19-14(11)9-12/h3-10,19H,2H2,1H3. The third-order valence-electron chi connectivity index (χ3n) is 4.28. The van der Waals surface area contributed by atoms with Crippen LogP contribution in [0.25, 0.3) is 39.4 Å². The van der Waals surface area contributed by atoms with Crippen LogP contribution in [0.4, 0.5) is 0 Å². The van der Waals surface area contributed by atoms with Gasteiger partial charge >= 0.3 is 0 Å². The third kappa shape index (κ3) is 2.20. The molecular weight excluding hydrogens is 316 g/mol. The Morgan fingerprint density at radius 1 is 1.08 bits per heavy atom. The Hall–Kier alpha value is -3.48. The van der Waals surface area contributed by atoms with Crippen molar-refractivity contribution in [2.75, 3.05) is 0 Å². The number of aromatic nitrogens is 6. The molecule has 0 saturated heterocycles. The first-order chi connectivity index (χ1) is 12.3. The fourth-order valence-corrected chi connectivity index (χ4v) is 2.95. The Balaban J connectivity index is 1.57. The predicted octanol–water partition coefficient (Wildman–Crippen LogP) is 3.49. The van der Waals surface area contributed by atoms with Gasteiger partial charge in [0.2, 0.25) is 5.82 Å². The smallest absolute Gasteiger partial charge is 0.258 e. The Bertz CT molecular complexity index is 1200. The van der Waals surface area contributed by atoms with Crippen molar-refractivity contribution in [3.8, 4) is 22.8 Å². The molecule has 0 aliphatic heterocycles. The van der Waals surface area contributed by atoms with E-state index in [4.69, 9.17) is 4.52 Å². The van der Waals surface area contributed by atoms with E-state index in [-0.39, 0.29) is 0 Å². The van der Waals surface area contributed by atoms with E-state index in [2.05, 4.69) is 25.3 Å². The first kappa shape index (κ1) is 13.9. The molecule has 0 amide bonds. The summed E-state index contributed by atoms with van der Waals surface area (Å²) in [7, 11) is 0. The van der Waals surface area contributed by atoms with Crippen LogP contribution in [-0.2, 0) is 6.42 Å². The molecule has 7 nitrogen and oxygen atoms in total. The van der Waals surface area contributed by atoms with Crippen LogP contribution < -0.4 is 0 Å². The van der Waals surface area contributed by atoms with Gasteiger partial charge in [-0.2, -0.15) is 4.98 Å². The normalized spacial score (nSPS) is 11.6. The summed E-state index contributed by atoms with van der Waals surface area (Å²) in [5.74, 6) is 1.93. The number of aromatic amines is 1. The molecule has 1 aromatic carbocycles. The Morgan fingerprint density at radius 3 is 2.92 bits per heavy atom. The minimum Gasteiger partial charge on any atom is -0.361 e. The maximum absolute atomic E-state index is 5.47. The van der Waals surface area contributed by atoms with Gasteiger partial charge in [0, 0.05) is 35.5 Å². The van der Waals surface area contributed by atoms with Crippen molar-refractivity contribution in [2.45, 2.75) is 13.3 Å². The molecular formula is C18H14N6O. The molecule has 0 radical (unpaired) electrons. The van der Waals surface area contributed by atoms with E-state index in [1.165, 1.54) is 0 Å². The molecule has 4 heterocycles. The van der Waals surface area contributed by atoms with Gasteiger partial charge < -0.3 is 9.51 Å². The van der Waals surface area contributed by atoms with Gasteiger partial charge in [-0.1, -0.05) is 18.1 Å². The molecule has 0 spiro atoms. The number of nitrogens with one attached hydrogen (secondary N) is 1. The number of H-pyrrole nitrogens is 1. The second-order valence-electron chi connectivity index (χ2n) is 5.82. The first-order valence-electron chi connectivity index (χ1n) is 8.07. The second-order valence-corrected chi connectivity index (χ2v) is 5.82. The quantitative estimate of drug-likeness (QED) is 0.547. The van der Waals surface area contributed by atoms with Crippen LogP contribution in [0.15, 0.2) is 53.3 Å². The van der Waals surface area contributed by atoms with E-state index >= 15 is 0 Å². The van der Waals surface area contributed by atoms with E-state index in [1.54, 1.807) is 0 Å². The number of nitrogens with zero attached hydrogens (tertiary/aromatic N) is 5. The molecule has 0 unspecified atom stereocenters. The number of aryl methyl sites for hydroxylation is 1. The van der Waals surface area contributed by atoms with E-state index in [9.17, 15) is 0 Å². The zero-order valence-electron chi connectivity index (χ0n) is 13.5. The lowest BCUT2D eigenvalue weighted by Crippen LogP contribution is -1.93. The van der Waals surface area contributed by atoms with Crippen molar-refractivity contribution in [3.05, 3.63) is 54.6 Å². The molecule has 0 aliphatic rings. The largest absolute Gasteiger partial charge is 0.361 e. The first-order valence-corrected chi connectivity index (χ1v) is 8.07. The van der Waals surface area contributed by atoms with Gasteiger partial charge in [-0.05, 0) is 35.7 Å². The van der Waals surface area contributed by atoms with Crippen LogP contribution in [0.3, 0.4) is 0 Å². The lowest BCUT2D eigenvalue weighted by molar-refractivity contribution is 0.432. The van der Waals surface area contributed by atoms with Gasteiger partial charge in [-0.25, -0.2) is 0 Å². The number of pyridine rings is 1. The topological polar surface area (TPSA) is 84.9 Å². The molecule has 4 aromatic heterocycles. The minimum atomic E-state index is 0.492. The summed E-state index contributed by atoms with van der Waals surface area (Å²) in [6, 6.07) is 11.9. The molecule has 0 atom stereocenters. The van der Waals surface area contributed by atoms with E-state index < -0.39 is 0 Å². The number of fused-ring (bicyclic) bond motifs is 2. The second kappa shape index (κ2) is 5.27. The zero-order valence-corrected chi connectivity index (χ0v) is 13.5. The van der Waals surface area contributed by atoms with E-state index in [0.29, 0.717) is 11.7 Å². The monoisotopic (exact) mass is 330 g/mol. The molecule has 5 rings (SSSR count). The molecule has 122 valence electrons. The molecule has 0 saturated carbocycles. The predicted molar refractivity (Wildman–Crippen MR) is 92.9 cm³/mol. The summed E-state index contributed by atoms with van der Waals surface area (Å²) in [6.45, 7) is 2.05. The van der Waals surface area contributed by atoms with Crippen LogP contribution in [0, 0.1) is 0 Å². The summed E-state index contributed by atoms with van der Waals surface area (Å²) in [5.41, 5.74) is 3.59. The van der Waals surface area contributed by atoms with Crippen LogP contribution >= 0.6 is 0 Å². The number of rotatable bonds is 3.